The lowest BCUT2D eigenvalue weighted by molar-refractivity contribution is -0.122. The molecule has 1 amide bonds. The van der Waals surface area contributed by atoms with Crippen molar-refractivity contribution in [3.8, 4) is 0 Å². The van der Waals surface area contributed by atoms with Crippen LogP contribution in [0.1, 0.15) is 36.3 Å². The molecule has 5 nitrogen and oxygen atoms in total. The Labute approximate surface area is 188 Å². The number of anilines is 1. The van der Waals surface area contributed by atoms with Crippen molar-refractivity contribution in [2.75, 3.05) is 11.4 Å². The molecule has 2 aliphatic rings. The summed E-state index contributed by atoms with van der Waals surface area (Å²) in [5.41, 5.74) is 1.72. The molecule has 2 aromatic rings. The Balaban J connectivity index is 1.51. The van der Waals surface area contributed by atoms with Crippen molar-refractivity contribution >= 4 is 46.4 Å². The number of carbonyl (C=O) groups excluding carboxylic acids is 1. The van der Waals surface area contributed by atoms with Crippen LogP contribution >= 0.6 is 34.8 Å². The fourth-order valence-corrected chi connectivity index (χ4v) is 4.46. The summed E-state index contributed by atoms with van der Waals surface area (Å²) in [5.74, 6) is -0.640. The van der Waals surface area contributed by atoms with E-state index in [1.165, 1.54) is 6.07 Å². The van der Waals surface area contributed by atoms with Crippen LogP contribution in [0.3, 0.4) is 0 Å². The molecular weight excluding hydrogens is 452 g/mol. The molecule has 0 unspecified atom stereocenters. The number of nitrogens with zero attached hydrogens (tertiary/aromatic N) is 2. The highest BCUT2D eigenvalue weighted by molar-refractivity contribution is 6.48. The van der Waals surface area contributed by atoms with Gasteiger partial charge < -0.3 is 10.2 Å². The molecule has 158 valence electrons. The number of nitroso groups, excluding NO2 is 1. The first-order valence-electron chi connectivity index (χ1n) is 9.68. The summed E-state index contributed by atoms with van der Waals surface area (Å²) >= 11 is 18.3. The monoisotopic (exact) mass is 469 g/mol. The van der Waals surface area contributed by atoms with Crippen LogP contribution in [0.2, 0.25) is 15.1 Å². The number of carbonyl (C=O) groups is 1. The third kappa shape index (κ3) is 4.27. The zero-order valence-corrected chi connectivity index (χ0v) is 18.1. The average Bonchev–Trinajstić information content (AvgIpc) is 3.49. The second kappa shape index (κ2) is 8.69. The molecule has 1 N–H and O–H groups in total. The van der Waals surface area contributed by atoms with Crippen LogP contribution in [0.5, 0.6) is 0 Å². The third-order valence-corrected chi connectivity index (χ3v) is 6.87. The van der Waals surface area contributed by atoms with E-state index in [0.717, 1.165) is 18.4 Å². The number of halogens is 4. The maximum absolute atomic E-state index is 14.6. The van der Waals surface area contributed by atoms with Crippen LogP contribution in [0.15, 0.2) is 35.5 Å². The molecule has 1 saturated carbocycles. The first-order valence-corrected chi connectivity index (χ1v) is 10.8. The number of nitrogens with one attached hydrogen (secondary N) is 1. The number of benzene rings is 2. The zero-order chi connectivity index (χ0) is 21.4. The summed E-state index contributed by atoms with van der Waals surface area (Å²) in [4.78, 5) is 25.2. The van der Waals surface area contributed by atoms with Gasteiger partial charge in [0.25, 0.3) is 0 Å². The quantitative estimate of drug-likeness (QED) is 0.422. The molecule has 0 aromatic heterocycles. The molecule has 2 fully saturated rings. The van der Waals surface area contributed by atoms with E-state index in [2.05, 4.69) is 10.5 Å². The van der Waals surface area contributed by atoms with E-state index in [1.54, 1.807) is 29.2 Å². The molecule has 1 aliphatic heterocycles. The van der Waals surface area contributed by atoms with E-state index >= 15 is 0 Å². The molecule has 0 bridgehead atoms. The van der Waals surface area contributed by atoms with Gasteiger partial charge in [-0.1, -0.05) is 40.9 Å². The molecule has 30 heavy (non-hydrogen) atoms. The van der Waals surface area contributed by atoms with Crippen molar-refractivity contribution in [1.82, 2.24) is 5.32 Å². The summed E-state index contributed by atoms with van der Waals surface area (Å²) in [6.45, 7) is 0.664. The molecule has 0 spiro atoms. The molecule has 1 heterocycles. The van der Waals surface area contributed by atoms with E-state index in [0.29, 0.717) is 34.3 Å². The number of rotatable bonds is 6. The van der Waals surface area contributed by atoms with E-state index < -0.39 is 12.0 Å². The first-order chi connectivity index (χ1) is 14.4. The van der Waals surface area contributed by atoms with Gasteiger partial charge >= 0.3 is 0 Å². The maximum Gasteiger partial charge on any atom is 0.223 e. The van der Waals surface area contributed by atoms with Gasteiger partial charge in [-0.05, 0) is 54.3 Å². The van der Waals surface area contributed by atoms with Gasteiger partial charge in [0.05, 0.1) is 15.1 Å². The van der Waals surface area contributed by atoms with Crippen molar-refractivity contribution in [3.05, 3.63) is 67.3 Å². The van der Waals surface area contributed by atoms with Crippen LogP contribution in [0.4, 0.5) is 10.1 Å². The largest absolute Gasteiger partial charge is 0.352 e. The lowest BCUT2D eigenvalue weighted by Crippen LogP contribution is -2.30. The number of amides is 1. The average molecular weight is 471 g/mol. The van der Waals surface area contributed by atoms with Crippen molar-refractivity contribution in [1.29, 1.82) is 0 Å². The minimum Gasteiger partial charge on any atom is -0.352 e. The fraction of sp³-hybridized carbons (Fsp3) is 0.381. The standard InChI is InChI=1S/C21H19Cl3FN3O2/c22-16-7-13(8-17(23)19(16)24)15-5-6-28(20(15)27-30)14-4-3-12(18(25)9-14)10-26-21(29)11-1-2-11/h3-4,7-9,11,15,20H,1-2,5-6,10H2,(H,26,29)/t15-,20-/m1/s1. The minimum absolute atomic E-state index is 0.0358. The topological polar surface area (TPSA) is 61.8 Å². The van der Waals surface area contributed by atoms with Gasteiger partial charge in [-0.2, -0.15) is 0 Å². The summed E-state index contributed by atoms with van der Waals surface area (Å²) in [7, 11) is 0. The van der Waals surface area contributed by atoms with E-state index in [1.807, 2.05) is 0 Å². The fourth-order valence-electron chi connectivity index (χ4n) is 3.85. The van der Waals surface area contributed by atoms with Gasteiger partial charge in [-0.15, -0.1) is 4.91 Å². The Morgan fingerprint density at radius 3 is 2.43 bits per heavy atom. The molecule has 2 atom stereocenters. The van der Waals surface area contributed by atoms with Gasteiger partial charge in [0.15, 0.2) is 6.17 Å². The predicted octanol–water partition coefficient (Wildman–Crippen LogP) is 5.90. The molecule has 1 aliphatic carbocycles. The van der Waals surface area contributed by atoms with Crippen molar-refractivity contribution in [2.24, 2.45) is 11.1 Å². The van der Waals surface area contributed by atoms with Crippen LogP contribution < -0.4 is 10.2 Å². The van der Waals surface area contributed by atoms with E-state index in [9.17, 15) is 14.1 Å². The van der Waals surface area contributed by atoms with Gasteiger partial charge in [0, 0.05) is 36.2 Å². The first kappa shape index (κ1) is 21.3. The van der Waals surface area contributed by atoms with E-state index in [4.69, 9.17) is 34.8 Å². The second-order valence-electron chi connectivity index (χ2n) is 7.67. The highest BCUT2D eigenvalue weighted by atomic mass is 35.5. The third-order valence-electron chi connectivity index (χ3n) is 5.67. The summed E-state index contributed by atoms with van der Waals surface area (Å²) in [6, 6.07) is 8.12. The zero-order valence-electron chi connectivity index (χ0n) is 15.9. The summed E-state index contributed by atoms with van der Waals surface area (Å²) in [6.07, 6.45) is 1.70. The number of hydrogen-bond donors (Lipinski definition) is 1. The van der Waals surface area contributed by atoms with Gasteiger partial charge in [0.1, 0.15) is 5.82 Å². The molecule has 0 radical (unpaired) electrons. The molecule has 9 heteroatoms. The highest BCUT2D eigenvalue weighted by Gasteiger charge is 2.37. The van der Waals surface area contributed by atoms with Crippen molar-refractivity contribution < 1.29 is 9.18 Å². The molecule has 1 saturated heterocycles. The smallest absolute Gasteiger partial charge is 0.223 e. The number of hydrogen-bond acceptors (Lipinski definition) is 4. The molecular formula is C21H19Cl3FN3O2. The minimum atomic E-state index is -0.724. The molecule has 2 aromatic carbocycles. The van der Waals surface area contributed by atoms with Gasteiger partial charge in [-0.25, -0.2) is 4.39 Å². The Hall–Kier alpha value is -1.89. The van der Waals surface area contributed by atoms with E-state index in [-0.39, 0.29) is 29.3 Å². The van der Waals surface area contributed by atoms with Gasteiger partial charge in [-0.3, -0.25) is 4.79 Å². The van der Waals surface area contributed by atoms with Crippen molar-refractivity contribution in [3.63, 3.8) is 0 Å². The Morgan fingerprint density at radius 1 is 1.13 bits per heavy atom. The van der Waals surface area contributed by atoms with Crippen LogP contribution in [0, 0.1) is 16.6 Å². The lowest BCUT2D eigenvalue weighted by Gasteiger charge is -2.25. The summed E-state index contributed by atoms with van der Waals surface area (Å²) in [5, 5.41) is 6.94. The predicted molar refractivity (Wildman–Crippen MR) is 117 cm³/mol. The van der Waals surface area contributed by atoms with Crippen LogP contribution in [-0.4, -0.2) is 18.6 Å². The second-order valence-corrected chi connectivity index (χ2v) is 8.87. The van der Waals surface area contributed by atoms with Gasteiger partial charge in [0.2, 0.25) is 5.91 Å². The Kier molecular flexibility index (Phi) is 6.19. The SMILES string of the molecule is O=N[C@H]1[C@@H](c2cc(Cl)c(Cl)c(Cl)c2)CCN1c1ccc(CNC(=O)C2CC2)c(F)c1. The maximum atomic E-state index is 14.6. The van der Waals surface area contributed by atoms with Crippen LogP contribution in [0.25, 0.3) is 0 Å². The highest BCUT2D eigenvalue weighted by Crippen LogP contribution is 2.41. The normalized spacial score (nSPS) is 21.0. The Morgan fingerprint density at radius 2 is 1.83 bits per heavy atom. The Bertz CT molecular complexity index is 976. The molecule has 4 rings (SSSR count). The van der Waals surface area contributed by atoms with Crippen LogP contribution in [-0.2, 0) is 11.3 Å². The lowest BCUT2D eigenvalue weighted by atomic mass is 9.96. The van der Waals surface area contributed by atoms with Crippen molar-refractivity contribution in [2.45, 2.75) is 37.9 Å². The summed E-state index contributed by atoms with van der Waals surface area (Å²) < 4.78 is 14.6.